The van der Waals surface area contributed by atoms with E-state index >= 15 is 0 Å². The standard InChI is InChI=1S/C20H27N3O4/c1-5-13(6-2)17(24)21-9-10-22-18(25)14-7-8-15-16(11-14)20(27)23(12(3)4)19(15)26/h7-8,11-13H,5-6,9-10H2,1-4H3,(H,21,24)(H,22,25). The summed E-state index contributed by atoms with van der Waals surface area (Å²) in [6.07, 6.45) is 1.56. The average Bonchev–Trinajstić information content (AvgIpc) is 2.90. The van der Waals surface area contributed by atoms with E-state index in [4.69, 9.17) is 0 Å². The summed E-state index contributed by atoms with van der Waals surface area (Å²) in [6.45, 7) is 8.10. The number of nitrogens with one attached hydrogen (secondary N) is 2. The van der Waals surface area contributed by atoms with Crippen molar-refractivity contribution >= 4 is 23.6 Å². The van der Waals surface area contributed by atoms with Crippen LogP contribution in [0.25, 0.3) is 0 Å². The molecule has 0 spiro atoms. The number of carbonyl (C=O) groups excluding carboxylic acids is 4. The second-order valence-electron chi connectivity index (χ2n) is 6.89. The molecule has 1 aromatic rings. The maximum Gasteiger partial charge on any atom is 0.261 e. The summed E-state index contributed by atoms with van der Waals surface area (Å²) in [4.78, 5) is 50.1. The fraction of sp³-hybridized carbons (Fsp3) is 0.500. The van der Waals surface area contributed by atoms with E-state index in [1.807, 2.05) is 13.8 Å². The molecule has 1 heterocycles. The SMILES string of the molecule is CCC(CC)C(=O)NCCNC(=O)c1ccc2c(c1)C(=O)N(C(C)C)C2=O. The van der Waals surface area contributed by atoms with E-state index < -0.39 is 0 Å². The molecular weight excluding hydrogens is 346 g/mol. The number of imide groups is 1. The van der Waals surface area contributed by atoms with Crippen LogP contribution in [0.5, 0.6) is 0 Å². The number of hydrogen-bond acceptors (Lipinski definition) is 4. The highest BCUT2D eigenvalue weighted by Gasteiger charge is 2.37. The van der Waals surface area contributed by atoms with E-state index in [0.717, 1.165) is 12.8 Å². The van der Waals surface area contributed by atoms with E-state index in [1.54, 1.807) is 13.8 Å². The maximum absolute atomic E-state index is 12.4. The van der Waals surface area contributed by atoms with Crippen LogP contribution in [-0.4, -0.2) is 47.7 Å². The second kappa shape index (κ2) is 8.79. The first-order valence-corrected chi connectivity index (χ1v) is 9.39. The quantitative estimate of drug-likeness (QED) is 0.538. The Kier molecular flexibility index (Phi) is 6.71. The van der Waals surface area contributed by atoms with Crippen LogP contribution in [0.4, 0.5) is 0 Å². The van der Waals surface area contributed by atoms with Crippen LogP contribution < -0.4 is 10.6 Å². The summed E-state index contributed by atoms with van der Waals surface area (Å²) in [7, 11) is 0. The summed E-state index contributed by atoms with van der Waals surface area (Å²) < 4.78 is 0. The Balaban J connectivity index is 1.95. The smallest absolute Gasteiger partial charge is 0.261 e. The largest absolute Gasteiger partial charge is 0.354 e. The molecule has 0 radical (unpaired) electrons. The summed E-state index contributed by atoms with van der Waals surface area (Å²) >= 11 is 0. The topological polar surface area (TPSA) is 95.6 Å². The van der Waals surface area contributed by atoms with Gasteiger partial charge in [0.05, 0.1) is 11.1 Å². The number of carbonyl (C=O) groups is 4. The molecule has 1 aliphatic heterocycles. The van der Waals surface area contributed by atoms with Crippen molar-refractivity contribution in [1.82, 2.24) is 15.5 Å². The minimum Gasteiger partial charge on any atom is -0.354 e. The van der Waals surface area contributed by atoms with E-state index in [0.29, 0.717) is 17.7 Å². The molecule has 7 nitrogen and oxygen atoms in total. The van der Waals surface area contributed by atoms with Crippen molar-refractivity contribution in [2.75, 3.05) is 13.1 Å². The van der Waals surface area contributed by atoms with Gasteiger partial charge in [-0.3, -0.25) is 24.1 Å². The van der Waals surface area contributed by atoms with Gasteiger partial charge in [0, 0.05) is 30.6 Å². The van der Waals surface area contributed by atoms with Gasteiger partial charge < -0.3 is 10.6 Å². The minimum atomic E-state index is -0.378. The molecule has 0 saturated carbocycles. The molecule has 0 unspecified atom stereocenters. The van der Waals surface area contributed by atoms with Gasteiger partial charge in [0.15, 0.2) is 0 Å². The highest BCUT2D eigenvalue weighted by Crippen LogP contribution is 2.25. The lowest BCUT2D eigenvalue weighted by Crippen LogP contribution is -2.37. The van der Waals surface area contributed by atoms with Crippen molar-refractivity contribution in [3.63, 3.8) is 0 Å². The van der Waals surface area contributed by atoms with Crippen molar-refractivity contribution in [1.29, 1.82) is 0 Å². The van der Waals surface area contributed by atoms with Crippen LogP contribution in [0, 0.1) is 5.92 Å². The van der Waals surface area contributed by atoms with Gasteiger partial charge in [-0.1, -0.05) is 13.8 Å². The lowest BCUT2D eigenvalue weighted by atomic mass is 10.0. The Bertz CT molecular complexity index is 754. The number of hydrogen-bond donors (Lipinski definition) is 2. The monoisotopic (exact) mass is 373 g/mol. The summed E-state index contributed by atoms with van der Waals surface area (Å²) in [5.74, 6) is -1.08. The molecule has 7 heteroatoms. The molecular formula is C20H27N3O4. The third-order valence-corrected chi connectivity index (χ3v) is 4.76. The van der Waals surface area contributed by atoms with Gasteiger partial charge in [-0.15, -0.1) is 0 Å². The van der Waals surface area contributed by atoms with Crippen LogP contribution in [0.15, 0.2) is 18.2 Å². The number of amides is 4. The molecule has 27 heavy (non-hydrogen) atoms. The van der Waals surface area contributed by atoms with Crippen molar-refractivity contribution in [3.8, 4) is 0 Å². The minimum absolute atomic E-state index is 0.00938. The van der Waals surface area contributed by atoms with E-state index in [9.17, 15) is 19.2 Å². The molecule has 1 aromatic carbocycles. The van der Waals surface area contributed by atoms with Crippen molar-refractivity contribution in [3.05, 3.63) is 34.9 Å². The number of rotatable bonds is 8. The molecule has 2 rings (SSSR count). The van der Waals surface area contributed by atoms with Crippen molar-refractivity contribution in [2.45, 2.75) is 46.6 Å². The highest BCUT2D eigenvalue weighted by molar-refractivity contribution is 6.22. The molecule has 0 saturated heterocycles. The second-order valence-corrected chi connectivity index (χ2v) is 6.89. The van der Waals surface area contributed by atoms with Crippen LogP contribution in [0.3, 0.4) is 0 Å². The van der Waals surface area contributed by atoms with E-state index in [-0.39, 0.29) is 47.7 Å². The molecule has 0 atom stereocenters. The highest BCUT2D eigenvalue weighted by atomic mass is 16.2. The fourth-order valence-corrected chi connectivity index (χ4v) is 3.14. The molecule has 0 bridgehead atoms. The zero-order valence-electron chi connectivity index (χ0n) is 16.3. The van der Waals surface area contributed by atoms with Crippen LogP contribution in [-0.2, 0) is 4.79 Å². The fourth-order valence-electron chi connectivity index (χ4n) is 3.14. The number of nitrogens with zero attached hydrogens (tertiary/aromatic N) is 1. The lowest BCUT2D eigenvalue weighted by Gasteiger charge is -2.17. The van der Waals surface area contributed by atoms with Gasteiger partial charge in [-0.05, 0) is 44.9 Å². The Morgan fingerprint density at radius 2 is 1.56 bits per heavy atom. The maximum atomic E-state index is 12.4. The molecule has 2 N–H and O–H groups in total. The molecule has 1 aliphatic rings. The van der Waals surface area contributed by atoms with E-state index in [1.165, 1.54) is 23.1 Å². The average molecular weight is 373 g/mol. The molecule has 146 valence electrons. The van der Waals surface area contributed by atoms with Crippen molar-refractivity contribution < 1.29 is 19.2 Å². The zero-order valence-corrected chi connectivity index (χ0v) is 16.3. The predicted octanol–water partition coefficient (Wildman–Crippen LogP) is 1.97. The number of fused-ring (bicyclic) bond motifs is 1. The van der Waals surface area contributed by atoms with Crippen molar-refractivity contribution in [2.24, 2.45) is 5.92 Å². The normalized spacial score (nSPS) is 13.3. The molecule has 0 aliphatic carbocycles. The van der Waals surface area contributed by atoms with Gasteiger partial charge in [-0.2, -0.15) is 0 Å². The van der Waals surface area contributed by atoms with E-state index in [2.05, 4.69) is 10.6 Å². The Hall–Kier alpha value is -2.70. The molecule has 0 fully saturated rings. The van der Waals surface area contributed by atoms with Crippen LogP contribution in [0.2, 0.25) is 0 Å². The molecule has 4 amide bonds. The first kappa shape index (κ1) is 20.6. The lowest BCUT2D eigenvalue weighted by molar-refractivity contribution is -0.125. The van der Waals surface area contributed by atoms with Gasteiger partial charge in [-0.25, -0.2) is 0 Å². The van der Waals surface area contributed by atoms with Gasteiger partial charge in [0.25, 0.3) is 17.7 Å². The van der Waals surface area contributed by atoms with Crippen LogP contribution in [0.1, 0.15) is 71.6 Å². The predicted molar refractivity (Wildman–Crippen MR) is 101 cm³/mol. The first-order valence-electron chi connectivity index (χ1n) is 9.39. The third-order valence-electron chi connectivity index (χ3n) is 4.76. The first-order chi connectivity index (χ1) is 12.8. The van der Waals surface area contributed by atoms with Gasteiger partial charge in [0.1, 0.15) is 0 Å². The zero-order chi connectivity index (χ0) is 20.1. The summed E-state index contributed by atoms with van der Waals surface area (Å²) in [5.41, 5.74) is 0.887. The summed E-state index contributed by atoms with van der Waals surface area (Å²) in [6, 6.07) is 4.26. The Labute approximate surface area is 159 Å². The Morgan fingerprint density at radius 1 is 0.963 bits per heavy atom. The number of benzene rings is 1. The molecule has 0 aromatic heterocycles. The Morgan fingerprint density at radius 3 is 2.15 bits per heavy atom. The van der Waals surface area contributed by atoms with Gasteiger partial charge in [0.2, 0.25) is 5.91 Å². The summed E-state index contributed by atoms with van der Waals surface area (Å²) in [5, 5.41) is 5.52. The van der Waals surface area contributed by atoms with Crippen LogP contribution >= 0.6 is 0 Å². The van der Waals surface area contributed by atoms with Gasteiger partial charge >= 0.3 is 0 Å². The third kappa shape index (κ3) is 4.35.